The zero-order valence-corrected chi connectivity index (χ0v) is 20.5. The first kappa shape index (κ1) is 22.6. The number of aromatic nitrogens is 2. The van der Waals surface area contributed by atoms with Crippen LogP contribution in [0.25, 0.3) is 11.0 Å². The Morgan fingerprint density at radius 2 is 1.50 bits per heavy atom. The van der Waals surface area contributed by atoms with Gasteiger partial charge in [0, 0.05) is 58.0 Å². The van der Waals surface area contributed by atoms with E-state index in [1.807, 2.05) is 11.2 Å². The molecule has 2 aliphatic rings. The number of urea groups is 1. The van der Waals surface area contributed by atoms with Gasteiger partial charge in [0.2, 0.25) is 0 Å². The van der Waals surface area contributed by atoms with Gasteiger partial charge in [-0.3, -0.25) is 4.90 Å². The van der Waals surface area contributed by atoms with Gasteiger partial charge < -0.3 is 19.7 Å². The summed E-state index contributed by atoms with van der Waals surface area (Å²) in [5, 5.41) is 2.88. The van der Waals surface area contributed by atoms with E-state index in [2.05, 4.69) is 98.5 Å². The third-order valence-electron chi connectivity index (χ3n) is 7.44. The molecule has 3 aromatic carbocycles. The summed E-state index contributed by atoms with van der Waals surface area (Å²) in [6, 6.07) is 28.1. The van der Waals surface area contributed by atoms with Crippen molar-refractivity contribution in [3.05, 3.63) is 96.3 Å². The fraction of sp³-hybridized carbons (Fsp3) is 0.310. The van der Waals surface area contributed by atoms with Crippen LogP contribution in [0.3, 0.4) is 0 Å². The van der Waals surface area contributed by atoms with Crippen LogP contribution in [-0.2, 0) is 0 Å². The molecule has 2 saturated heterocycles. The maximum Gasteiger partial charge on any atom is 0.317 e. The highest BCUT2D eigenvalue weighted by Gasteiger charge is 2.23. The summed E-state index contributed by atoms with van der Waals surface area (Å²) in [5.74, 6) is 0. The Kier molecular flexibility index (Phi) is 6.30. The number of carbonyl (C=O) groups excluding carboxylic acids is 1. The third-order valence-corrected chi connectivity index (χ3v) is 7.44. The summed E-state index contributed by atoms with van der Waals surface area (Å²) in [6.07, 6.45) is 1.98. The van der Waals surface area contributed by atoms with Crippen LogP contribution < -0.4 is 10.2 Å². The summed E-state index contributed by atoms with van der Waals surface area (Å²) in [5.41, 5.74) is 5.89. The molecule has 7 nitrogen and oxygen atoms in total. The lowest BCUT2D eigenvalue weighted by Crippen LogP contribution is -2.48. The topological polar surface area (TPSA) is 56.6 Å². The minimum absolute atomic E-state index is 0.0623. The molecule has 0 spiro atoms. The lowest BCUT2D eigenvalue weighted by atomic mass is 9.98. The second-order valence-corrected chi connectivity index (χ2v) is 9.60. The van der Waals surface area contributed by atoms with Crippen LogP contribution in [0.2, 0.25) is 0 Å². The van der Waals surface area contributed by atoms with E-state index >= 15 is 0 Å². The Labute approximate surface area is 211 Å². The van der Waals surface area contributed by atoms with Crippen LogP contribution in [0, 0.1) is 0 Å². The summed E-state index contributed by atoms with van der Waals surface area (Å²) in [6.45, 7) is 7.28. The molecule has 7 heteroatoms. The predicted molar refractivity (Wildman–Crippen MR) is 143 cm³/mol. The van der Waals surface area contributed by atoms with E-state index in [1.54, 1.807) is 0 Å². The molecule has 36 heavy (non-hydrogen) atoms. The van der Waals surface area contributed by atoms with Crippen LogP contribution in [-0.4, -0.2) is 77.7 Å². The largest absolute Gasteiger partial charge is 0.369 e. The molecule has 0 unspecified atom stereocenters. The smallest absolute Gasteiger partial charge is 0.317 e. The Hall–Kier alpha value is -3.84. The highest BCUT2D eigenvalue weighted by atomic mass is 16.2. The first-order valence-electron chi connectivity index (χ1n) is 12.8. The van der Waals surface area contributed by atoms with Gasteiger partial charge in [0.05, 0.1) is 23.4 Å². The van der Waals surface area contributed by atoms with E-state index in [0.717, 1.165) is 63.4 Å². The van der Waals surface area contributed by atoms with Crippen LogP contribution in [0.5, 0.6) is 0 Å². The molecule has 1 aromatic heterocycles. The average molecular weight is 481 g/mol. The molecule has 1 N–H and O–H groups in total. The van der Waals surface area contributed by atoms with E-state index in [4.69, 9.17) is 4.98 Å². The van der Waals surface area contributed by atoms with Crippen molar-refractivity contribution >= 4 is 22.8 Å². The first-order valence-corrected chi connectivity index (χ1v) is 12.8. The zero-order chi connectivity index (χ0) is 24.3. The molecule has 2 fully saturated rings. The molecule has 0 bridgehead atoms. The molecule has 2 aliphatic heterocycles. The van der Waals surface area contributed by atoms with E-state index < -0.39 is 0 Å². The van der Waals surface area contributed by atoms with Gasteiger partial charge in [-0.05, 0) is 29.3 Å². The summed E-state index contributed by atoms with van der Waals surface area (Å²) in [7, 11) is 0. The predicted octanol–water partition coefficient (Wildman–Crippen LogP) is 3.82. The number of nitrogens with zero attached hydrogens (tertiary/aromatic N) is 5. The van der Waals surface area contributed by atoms with Crippen molar-refractivity contribution in [2.24, 2.45) is 0 Å². The lowest BCUT2D eigenvalue weighted by molar-refractivity contribution is 0.197. The van der Waals surface area contributed by atoms with Crippen LogP contribution in [0.15, 0.2) is 85.2 Å². The normalized spacial score (nSPS) is 16.8. The standard InChI is InChI=1S/C29H32N6O/c36-29-30-13-14-34(29)20-17-32-15-18-33(19-16-32)25-11-12-26-27(21-25)35(22-31-26)28(23-7-3-1-4-8-23)24-9-5-2-6-10-24/h1-12,21-22,28H,13-20H2,(H,30,36). The SMILES string of the molecule is O=C1NCCN1CCN1CCN(c2ccc3ncn(C(c4ccccc4)c4ccccc4)c3c2)CC1. The van der Waals surface area contributed by atoms with Crippen molar-refractivity contribution in [1.82, 2.24) is 24.7 Å². The van der Waals surface area contributed by atoms with Gasteiger partial charge in [-0.15, -0.1) is 0 Å². The molecule has 0 aliphatic carbocycles. The number of fused-ring (bicyclic) bond motifs is 1. The Bertz CT molecular complexity index is 1270. The molecule has 6 rings (SSSR count). The molecule has 0 saturated carbocycles. The maximum atomic E-state index is 11.8. The molecule has 2 amide bonds. The van der Waals surface area contributed by atoms with Crippen molar-refractivity contribution in [2.45, 2.75) is 6.04 Å². The minimum atomic E-state index is 0.0623. The number of nitrogens with one attached hydrogen (secondary N) is 1. The van der Waals surface area contributed by atoms with E-state index in [0.29, 0.717) is 0 Å². The van der Waals surface area contributed by atoms with Gasteiger partial charge in [0.1, 0.15) is 0 Å². The number of carbonyl (C=O) groups is 1. The second kappa shape index (κ2) is 10.0. The second-order valence-electron chi connectivity index (χ2n) is 9.60. The lowest BCUT2D eigenvalue weighted by Gasteiger charge is -2.36. The van der Waals surface area contributed by atoms with Crippen LogP contribution >= 0.6 is 0 Å². The molecule has 3 heterocycles. The fourth-order valence-electron chi connectivity index (χ4n) is 5.42. The van der Waals surface area contributed by atoms with Crippen molar-refractivity contribution in [1.29, 1.82) is 0 Å². The Balaban J connectivity index is 1.22. The van der Waals surface area contributed by atoms with Crippen LogP contribution in [0.1, 0.15) is 17.2 Å². The number of hydrogen-bond donors (Lipinski definition) is 1. The fourth-order valence-corrected chi connectivity index (χ4v) is 5.42. The van der Waals surface area contributed by atoms with Crippen molar-refractivity contribution in [3.63, 3.8) is 0 Å². The van der Waals surface area contributed by atoms with E-state index in [-0.39, 0.29) is 12.1 Å². The number of rotatable bonds is 7. The van der Waals surface area contributed by atoms with Crippen LogP contribution in [0.4, 0.5) is 10.5 Å². The number of benzene rings is 3. The summed E-state index contributed by atoms with van der Waals surface area (Å²) >= 11 is 0. The molecular weight excluding hydrogens is 448 g/mol. The summed E-state index contributed by atoms with van der Waals surface area (Å²) in [4.78, 5) is 23.4. The summed E-state index contributed by atoms with van der Waals surface area (Å²) < 4.78 is 2.31. The van der Waals surface area contributed by atoms with Gasteiger partial charge in [-0.1, -0.05) is 60.7 Å². The van der Waals surface area contributed by atoms with E-state index in [1.165, 1.54) is 16.8 Å². The molecular formula is C29H32N6O. The minimum Gasteiger partial charge on any atom is -0.369 e. The Morgan fingerprint density at radius 1 is 0.806 bits per heavy atom. The monoisotopic (exact) mass is 480 g/mol. The van der Waals surface area contributed by atoms with Crippen molar-refractivity contribution in [2.75, 3.05) is 57.3 Å². The highest BCUT2D eigenvalue weighted by molar-refractivity contribution is 5.80. The average Bonchev–Trinajstić information content (AvgIpc) is 3.55. The van der Waals surface area contributed by atoms with Gasteiger partial charge in [-0.2, -0.15) is 0 Å². The first-order chi connectivity index (χ1) is 17.8. The molecule has 4 aromatic rings. The van der Waals surface area contributed by atoms with Gasteiger partial charge in [-0.25, -0.2) is 9.78 Å². The number of anilines is 1. The molecule has 0 radical (unpaired) electrons. The molecule has 0 atom stereocenters. The maximum absolute atomic E-state index is 11.8. The molecule has 184 valence electrons. The van der Waals surface area contributed by atoms with Gasteiger partial charge >= 0.3 is 6.03 Å². The number of hydrogen-bond acceptors (Lipinski definition) is 4. The highest BCUT2D eigenvalue weighted by Crippen LogP contribution is 2.31. The quantitative estimate of drug-likeness (QED) is 0.437. The zero-order valence-electron chi connectivity index (χ0n) is 20.5. The number of amides is 2. The van der Waals surface area contributed by atoms with Crippen molar-refractivity contribution < 1.29 is 4.79 Å². The third kappa shape index (κ3) is 4.54. The van der Waals surface area contributed by atoms with Gasteiger partial charge in [0.25, 0.3) is 0 Å². The van der Waals surface area contributed by atoms with E-state index in [9.17, 15) is 4.79 Å². The Morgan fingerprint density at radius 3 is 2.14 bits per heavy atom. The van der Waals surface area contributed by atoms with Gasteiger partial charge in [0.15, 0.2) is 0 Å². The number of piperazine rings is 1. The van der Waals surface area contributed by atoms with Crippen molar-refractivity contribution in [3.8, 4) is 0 Å². The number of imidazole rings is 1.